The maximum atomic E-state index is 12.3. The number of anilines is 1. The summed E-state index contributed by atoms with van der Waals surface area (Å²) in [5.74, 6) is -0.647. The lowest BCUT2D eigenvalue weighted by Crippen LogP contribution is -2.13. The average Bonchev–Trinajstić information content (AvgIpc) is 2.45. The Hall–Kier alpha value is -3.29. The molecule has 0 aliphatic rings. The van der Waals surface area contributed by atoms with Gasteiger partial charge in [0.05, 0.1) is 15.4 Å². The van der Waals surface area contributed by atoms with E-state index in [1.54, 1.807) is 12.1 Å². The van der Waals surface area contributed by atoms with Crippen molar-refractivity contribution in [2.24, 2.45) is 0 Å². The van der Waals surface area contributed by atoms with Gasteiger partial charge in [0.25, 0.3) is 17.3 Å². The van der Waals surface area contributed by atoms with E-state index < -0.39 is 27.1 Å². The van der Waals surface area contributed by atoms with Gasteiger partial charge in [0.2, 0.25) is 0 Å². The average molecular weight is 329 g/mol. The van der Waals surface area contributed by atoms with Gasteiger partial charge in [0.15, 0.2) is 0 Å². The number of benzene rings is 2. The van der Waals surface area contributed by atoms with Gasteiger partial charge in [0, 0.05) is 17.8 Å². The third-order valence-corrected chi connectivity index (χ3v) is 3.49. The van der Waals surface area contributed by atoms with Gasteiger partial charge in [-0.05, 0) is 44.0 Å². The molecule has 8 heteroatoms. The molecule has 0 aliphatic heterocycles. The van der Waals surface area contributed by atoms with Gasteiger partial charge in [-0.2, -0.15) is 0 Å². The summed E-state index contributed by atoms with van der Waals surface area (Å²) in [6, 6.07) is 7.49. The Morgan fingerprint density at radius 1 is 0.875 bits per heavy atom. The maximum absolute atomic E-state index is 12.3. The number of nitro benzene ring substituents is 2. The minimum Gasteiger partial charge on any atom is -0.322 e. The predicted molar refractivity (Wildman–Crippen MR) is 88.4 cm³/mol. The van der Waals surface area contributed by atoms with Crippen LogP contribution in [0, 0.1) is 41.0 Å². The van der Waals surface area contributed by atoms with Gasteiger partial charge in [-0.15, -0.1) is 0 Å². The Balaban J connectivity index is 2.45. The molecule has 0 atom stereocenters. The summed E-state index contributed by atoms with van der Waals surface area (Å²) >= 11 is 0. The number of nitrogens with one attached hydrogen (secondary N) is 1. The van der Waals surface area contributed by atoms with Crippen LogP contribution in [0.1, 0.15) is 27.0 Å². The Kier molecular flexibility index (Phi) is 4.59. The molecule has 2 aromatic rings. The first kappa shape index (κ1) is 17.1. The first-order chi connectivity index (χ1) is 11.2. The zero-order chi connectivity index (χ0) is 18.0. The van der Waals surface area contributed by atoms with Crippen LogP contribution in [0.3, 0.4) is 0 Å². The molecule has 2 aromatic carbocycles. The monoisotopic (exact) mass is 329 g/mol. The lowest BCUT2D eigenvalue weighted by atomic mass is 10.1. The van der Waals surface area contributed by atoms with Crippen molar-refractivity contribution >= 4 is 23.0 Å². The maximum Gasteiger partial charge on any atom is 0.279 e. The van der Waals surface area contributed by atoms with Crippen LogP contribution in [0.25, 0.3) is 0 Å². The van der Waals surface area contributed by atoms with Crippen molar-refractivity contribution in [3.8, 4) is 0 Å². The highest BCUT2D eigenvalue weighted by Crippen LogP contribution is 2.29. The number of hydrogen-bond donors (Lipinski definition) is 1. The molecule has 1 amide bonds. The normalized spacial score (nSPS) is 10.3. The zero-order valence-electron chi connectivity index (χ0n) is 13.3. The summed E-state index contributed by atoms with van der Waals surface area (Å²) in [7, 11) is 0. The summed E-state index contributed by atoms with van der Waals surface area (Å²) < 4.78 is 0. The fourth-order valence-electron chi connectivity index (χ4n) is 2.44. The molecule has 1 N–H and O–H groups in total. The molecule has 0 spiro atoms. The number of nitrogens with zero attached hydrogens (tertiary/aromatic N) is 2. The van der Waals surface area contributed by atoms with Gasteiger partial charge >= 0.3 is 0 Å². The number of aryl methyl sites for hydroxylation is 2. The quantitative estimate of drug-likeness (QED) is 0.678. The molecule has 8 nitrogen and oxygen atoms in total. The van der Waals surface area contributed by atoms with Gasteiger partial charge in [-0.25, -0.2) is 0 Å². The number of hydrogen-bond acceptors (Lipinski definition) is 5. The summed E-state index contributed by atoms with van der Waals surface area (Å²) in [4.78, 5) is 33.0. The Morgan fingerprint density at radius 2 is 1.33 bits per heavy atom. The summed E-state index contributed by atoms with van der Waals surface area (Å²) in [5.41, 5.74) is 1.23. The molecule has 0 saturated heterocycles. The fourth-order valence-corrected chi connectivity index (χ4v) is 2.44. The number of nitro groups is 2. The SMILES string of the molecule is Cc1cc(C)cc(NC(=O)c2cc([N+](=O)[O-])c(C)c([N+](=O)[O-])c2)c1. The number of carbonyl (C=O) groups is 1. The minimum atomic E-state index is -0.740. The number of carbonyl (C=O) groups excluding carboxylic acids is 1. The molecular weight excluding hydrogens is 314 g/mol. The van der Waals surface area contributed by atoms with Crippen LogP contribution in [-0.2, 0) is 0 Å². The van der Waals surface area contributed by atoms with Crippen LogP contribution in [0.4, 0.5) is 17.1 Å². The van der Waals surface area contributed by atoms with Crippen LogP contribution < -0.4 is 5.32 Å². The third kappa shape index (κ3) is 3.54. The van der Waals surface area contributed by atoms with Crippen molar-refractivity contribution < 1.29 is 14.6 Å². The van der Waals surface area contributed by atoms with Gasteiger partial charge in [-0.3, -0.25) is 25.0 Å². The molecule has 124 valence electrons. The third-order valence-electron chi connectivity index (χ3n) is 3.49. The van der Waals surface area contributed by atoms with E-state index in [2.05, 4.69) is 5.32 Å². The first-order valence-corrected chi connectivity index (χ1v) is 7.02. The zero-order valence-corrected chi connectivity index (χ0v) is 13.3. The predicted octanol–water partition coefficient (Wildman–Crippen LogP) is 3.68. The highest BCUT2D eigenvalue weighted by Gasteiger charge is 2.25. The molecule has 0 aliphatic carbocycles. The van der Waals surface area contributed by atoms with Gasteiger partial charge in [-0.1, -0.05) is 6.07 Å². The molecule has 0 aromatic heterocycles. The van der Waals surface area contributed by atoms with E-state index in [-0.39, 0.29) is 11.1 Å². The van der Waals surface area contributed by atoms with Crippen molar-refractivity contribution in [3.05, 3.63) is 72.8 Å². The van der Waals surface area contributed by atoms with E-state index in [4.69, 9.17) is 0 Å². The molecule has 0 heterocycles. The fraction of sp³-hybridized carbons (Fsp3) is 0.188. The number of rotatable bonds is 4. The largest absolute Gasteiger partial charge is 0.322 e. The second-order valence-electron chi connectivity index (χ2n) is 5.48. The van der Waals surface area contributed by atoms with Gasteiger partial charge < -0.3 is 5.32 Å². The molecule has 0 radical (unpaired) electrons. The van der Waals surface area contributed by atoms with Crippen LogP contribution in [-0.4, -0.2) is 15.8 Å². The summed E-state index contributed by atoms with van der Waals surface area (Å²) in [6.07, 6.45) is 0. The lowest BCUT2D eigenvalue weighted by molar-refractivity contribution is -0.395. The second kappa shape index (κ2) is 6.45. The molecule has 0 fully saturated rings. The van der Waals surface area contributed by atoms with Crippen LogP contribution in [0.15, 0.2) is 30.3 Å². The van der Waals surface area contributed by atoms with E-state index in [9.17, 15) is 25.0 Å². The standard InChI is InChI=1S/C16H15N3O5/c1-9-4-10(2)6-13(5-9)17-16(20)12-7-14(18(21)22)11(3)15(8-12)19(23)24/h4-8H,1-3H3,(H,17,20). The molecule has 2 rings (SSSR count). The molecule has 0 saturated carbocycles. The molecule has 0 unspecified atom stereocenters. The highest BCUT2D eigenvalue weighted by atomic mass is 16.6. The van der Waals surface area contributed by atoms with E-state index in [0.29, 0.717) is 5.69 Å². The van der Waals surface area contributed by atoms with Gasteiger partial charge in [0.1, 0.15) is 5.56 Å². The topological polar surface area (TPSA) is 115 Å². The van der Waals surface area contributed by atoms with Crippen molar-refractivity contribution in [1.29, 1.82) is 0 Å². The van der Waals surface area contributed by atoms with E-state index in [1.165, 1.54) is 6.92 Å². The first-order valence-electron chi connectivity index (χ1n) is 7.02. The van der Waals surface area contributed by atoms with Crippen LogP contribution in [0.2, 0.25) is 0 Å². The second-order valence-corrected chi connectivity index (χ2v) is 5.48. The Bertz CT molecular complexity index is 806. The number of amides is 1. The Morgan fingerprint density at radius 3 is 1.75 bits per heavy atom. The van der Waals surface area contributed by atoms with Crippen molar-refractivity contribution in [2.75, 3.05) is 5.32 Å². The van der Waals surface area contributed by atoms with E-state index >= 15 is 0 Å². The smallest absolute Gasteiger partial charge is 0.279 e. The van der Waals surface area contributed by atoms with E-state index in [1.807, 2.05) is 19.9 Å². The summed E-state index contributed by atoms with van der Waals surface area (Å²) in [5, 5.41) is 24.7. The lowest BCUT2D eigenvalue weighted by Gasteiger charge is -2.08. The molecule has 0 bridgehead atoms. The Labute approximate surface area is 137 Å². The van der Waals surface area contributed by atoms with Crippen LogP contribution in [0.5, 0.6) is 0 Å². The minimum absolute atomic E-state index is 0.0899. The van der Waals surface area contributed by atoms with Crippen LogP contribution >= 0.6 is 0 Å². The highest BCUT2D eigenvalue weighted by molar-refractivity contribution is 6.05. The molecular formula is C16H15N3O5. The van der Waals surface area contributed by atoms with Crippen molar-refractivity contribution in [2.45, 2.75) is 20.8 Å². The van der Waals surface area contributed by atoms with Crippen molar-refractivity contribution in [3.63, 3.8) is 0 Å². The van der Waals surface area contributed by atoms with Crippen molar-refractivity contribution in [1.82, 2.24) is 0 Å². The van der Waals surface area contributed by atoms with E-state index in [0.717, 1.165) is 23.3 Å². The molecule has 24 heavy (non-hydrogen) atoms. The summed E-state index contributed by atoms with van der Waals surface area (Å²) in [6.45, 7) is 5.01.